The highest BCUT2D eigenvalue weighted by Crippen LogP contribution is 2.16. The lowest BCUT2D eigenvalue weighted by Crippen LogP contribution is -2.26. The van der Waals surface area contributed by atoms with E-state index in [4.69, 9.17) is 0 Å². The van der Waals surface area contributed by atoms with Gasteiger partial charge in [0.1, 0.15) is 0 Å². The number of benzene rings is 2. The van der Waals surface area contributed by atoms with Crippen molar-refractivity contribution in [3.63, 3.8) is 0 Å². The first-order valence-corrected chi connectivity index (χ1v) is 9.89. The van der Waals surface area contributed by atoms with Crippen LogP contribution >= 0.6 is 0 Å². The monoisotopic (exact) mass is 381 g/mol. The van der Waals surface area contributed by atoms with Crippen molar-refractivity contribution in [3.05, 3.63) is 90.3 Å². The number of para-hydroxylation sites is 1. The van der Waals surface area contributed by atoms with Crippen LogP contribution in [0.4, 0.5) is 5.69 Å². The third-order valence-electron chi connectivity index (χ3n) is 3.85. The Balaban J connectivity index is 1.60. The Bertz CT molecular complexity index is 990. The molecule has 0 saturated heterocycles. The predicted octanol–water partition coefficient (Wildman–Crippen LogP) is 2.85. The van der Waals surface area contributed by atoms with Gasteiger partial charge in [-0.05, 0) is 48.5 Å². The lowest BCUT2D eigenvalue weighted by Gasteiger charge is -2.09. The summed E-state index contributed by atoms with van der Waals surface area (Å²) < 4.78 is 27.3. The zero-order chi connectivity index (χ0) is 19.1. The topological polar surface area (TPSA) is 88.2 Å². The predicted molar refractivity (Wildman–Crippen MR) is 104 cm³/mol. The minimum atomic E-state index is -3.70. The molecule has 0 bridgehead atoms. The summed E-state index contributed by atoms with van der Waals surface area (Å²) in [6, 6.07) is 20.1. The van der Waals surface area contributed by atoms with Gasteiger partial charge in [0.05, 0.1) is 4.90 Å². The summed E-state index contributed by atoms with van der Waals surface area (Å²) >= 11 is 0. The number of aromatic nitrogens is 1. The summed E-state index contributed by atoms with van der Waals surface area (Å²) in [7, 11) is -3.70. The molecular weight excluding hydrogens is 362 g/mol. The number of nitrogens with one attached hydrogen (secondary N) is 2. The van der Waals surface area contributed by atoms with Crippen LogP contribution in [0.15, 0.2) is 83.9 Å². The molecule has 0 saturated carbocycles. The van der Waals surface area contributed by atoms with Crippen LogP contribution in [-0.4, -0.2) is 25.9 Å². The summed E-state index contributed by atoms with van der Waals surface area (Å²) in [5, 5.41) is 2.80. The van der Waals surface area contributed by atoms with Crippen LogP contribution in [-0.2, 0) is 16.4 Å². The van der Waals surface area contributed by atoms with Gasteiger partial charge in [0.15, 0.2) is 0 Å². The number of hydrogen-bond donors (Lipinski definition) is 2. The van der Waals surface area contributed by atoms with Crippen LogP contribution in [0.25, 0.3) is 0 Å². The first kappa shape index (κ1) is 18.6. The highest BCUT2D eigenvalue weighted by molar-refractivity contribution is 7.92. The molecule has 0 atom stereocenters. The van der Waals surface area contributed by atoms with Crippen LogP contribution in [0.3, 0.4) is 0 Å². The molecule has 3 aromatic rings. The van der Waals surface area contributed by atoms with Crippen molar-refractivity contribution < 1.29 is 13.2 Å². The third kappa shape index (κ3) is 5.15. The van der Waals surface area contributed by atoms with Crippen LogP contribution in [0.2, 0.25) is 0 Å². The molecule has 0 fully saturated rings. The van der Waals surface area contributed by atoms with Gasteiger partial charge >= 0.3 is 0 Å². The quantitative estimate of drug-likeness (QED) is 0.659. The van der Waals surface area contributed by atoms with E-state index in [1.807, 2.05) is 18.2 Å². The number of anilines is 1. The largest absolute Gasteiger partial charge is 0.352 e. The second-order valence-electron chi connectivity index (χ2n) is 5.82. The van der Waals surface area contributed by atoms with Gasteiger partial charge in [-0.1, -0.05) is 24.3 Å². The molecule has 6 nitrogen and oxygen atoms in total. The number of nitrogens with zero attached hydrogens (tertiary/aromatic N) is 1. The average Bonchev–Trinajstić information content (AvgIpc) is 2.69. The van der Waals surface area contributed by atoms with Gasteiger partial charge < -0.3 is 5.32 Å². The van der Waals surface area contributed by atoms with Gasteiger partial charge in [-0.15, -0.1) is 0 Å². The normalized spacial score (nSPS) is 11.0. The van der Waals surface area contributed by atoms with E-state index in [9.17, 15) is 13.2 Å². The smallest absolute Gasteiger partial charge is 0.261 e. The lowest BCUT2D eigenvalue weighted by molar-refractivity contribution is 0.0954. The van der Waals surface area contributed by atoms with E-state index in [-0.39, 0.29) is 10.8 Å². The van der Waals surface area contributed by atoms with Gasteiger partial charge in [-0.25, -0.2) is 8.42 Å². The number of amides is 1. The molecule has 7 heteroatoms. The van der Waals surface area contributed by atoms with Crippen LogP contribution < -0.4 is 10.0 Å². The van der Waals surface area contributed by atoms with E-state index >= 15 is 0 Å². The number of hydrogen-bond acceptors (Lipinski definition) is 4. The van der Waals surface area contributed by atoms with Crippen molar-refractivity contribution in [2.75, 3.05) is 11.3 Å². The van der Waals surface area contributed by atoms with Crippen molar-refractivity contribution >= 4 is 21.6 Å². The highest BCUT2D eigenvalue weighted by Gasteiger charge is 2.15. The van der Waals surface area contributed by atoms with Gasteiger partial charge in [-0.2, -0.15) is 0 Å². The van der Waals surface area contributed by atoms with Gasteiger partial charge in [0.25, 0.3) is 15.9 Å². The number of carbonyl (C=O) groups excluding carboxylic acids is 1. The second-order valence-corrected chi connectivity index (χ2v) is 7.51. The van der Waals surface area contributed by atoms with Crippen molar-refractivity contribution in [2.45, 2.75) is 11.3 Å². The fourth-order valence-electron chi connectivity index (χ4n) is 2.46. The summed E-state index contributed by atoms with van der Waals surface area (Å²) in [6.45, 7) is 0.450. The van der Waals surface area contributed by atoms with Crippen LogP contribution in [0, 0.1) is 0 Å². The SMILES string of the molecule is O=C(NCCc1ccccn1)c1ccc(S(=O)(=O)Nc2ccccc2)cc1. The number of pyridine rings is 1. The second kappa shape index (κ2) is 8.46. The Hall–Kier alpha value is -3.19. The van der Waals surface area contributed by atoms with Crippen LogP contribution in [0.5, 0.6) is 0 Å². The molecule has 2 N–H and O–H groups in total. The average molecular weight is 381 g/mol. The zero-order valence-corrected chi connectivity index (χ0v) is 15.3. The molecular formula is C20H19N3O3S. The summed E-state index contributed by atoms with van der Waals surface area (Å²) in [5.41, 5.74) is 1.77. The molecule has 2 aromatic carbocycles. The van der Waals surface area contributed by atoms with Gasteiger partial charge in [0, 0.05) is 36.1 Å². The van der Waals surface area contributed by atoms with E-state index in [1.165, 1.54) is 24.3 Å². The Morgan fingerprint density at radius 2 is 1.59 bits per heavy atom. The molecule has 27 heavy (non-hydrogen) atoms. The Kier molecular flexibility index (Phi) is 5.83. The summed E-state index contributed by atoms with van der Waals surface area (Å²) in [4.78, 5) is 16.5. The number of sulfonamides is 1. The van der Waals surface area contributed by atoms with E-state index in [0.29, 0.717) is 24.2 Å². The van der Waals surface area contributed by atoms with E-state index < -0.39 is 10.0 Å². The van der Waals surface area contributed by atoms with Crippen molar-refractivity contribution in [1.29, 1.82) is 0 Å². The van der Waals surface area contributed by atoms with Gasteiger partial charge in [-0.3, -0.25) is 14.5 Å². The Labute approximate surface area is 158 Å². The van der Waals surface area contributed by atoms with Crippen molar-refractivity contribution in [1.82, 2.24) is 10.3 Å². The maximum atomic E-state index is 12.4. The molecule has 0 aliphatic carbocycles. The molecule has 0 aliphatic rings. The Morgan fingerprint density at radius 1 is 0.889 bits per heavy atom. The number of carbonyl (C=O) groups is 1. The molecule has 1 heterocycles. The molecule has 0 radical (unpaired) electrons. The minimum Gasteiger partial charge on any atom is -0.352 e. The Morgan fingerprint density at radius 3 is 2.26 bits per heavy atom. The molecule has 1 amide bonds. The molecule has 0 unspecified atom stereocenters. The van der Waals surface area contributed by atoms with Crippen molar-refractivity contribution in [3.8, 4) is 0 Å². The molecule has 138 valence electrons. The van der Waals surface area contributed by atoms with E-state index in [1.54, 1.807) is 36.5 Å². The fraction of sp³-hybridized carbons (Fsp3) is 0.100. The maximum Gasteiger partial charge on any atom is 0.261 e. The lowest BCUT2D eigenvalue weighted by atomic mass is 10.2. The summed E-state index contributed by atoms with van der Waals surface area (Å²) in [5.74, 6) is -0.258. The summed E-state index contributed by atoms with van der Waals surface area (Å²) in [6.07, 6.45) is 2.33. The van der Waals surface area contributed by atoms with E-state index in [0.717, 1.165) is 5.69 Å². The van der Waals surface area contributed by atoms with E-state index in [2.05, 4.69) is 15.0 Å². The zero-order valence-electron chi connectivity index (χ0n) is 14.5. The minimum absolute atomic E-state index is 0.0939. The fourth-order valence-corrected chi connectivity index (χ4v) is 3.52. The molecule has 3 rings (SSSR count). The van der Waals surface area contributed by atoms with Crippen molar-refractivity contribution in [2.24, 2.45) is 0 Å². The number of rotatable bonds is 7. The van der Waals surface area contributed by atoms with Crippen LogP contribution in [0.1, 0.15) is 16.1 Å². The third-order valence-corrected chi connectivity index (χ3v) is 5.24. The first-order chi connectivity index (χ1) is 13.0. The molecule has 0 aliphatic heterocycles. The highest BCUT2D eigenvalue weighted by atomic mass is 32.2. The first-order valence-electron chi connectivity index (χ1n) is 8.41. The standard InChI is InChI=1S/C20H19N3O3S/c24-20(22-15-13-17-6-4-5-14-21-17)16-9-11-19(12-10-16)27(25,26)23-18-7-2-1-3-8-18/h1-12,14,23H,13,15H2,(H,22,24). The maximum absolute atomic E-state index is 12.4. The molecule has 0 spiro atoms. The molecule has 1 aromatic heterocycles. The van der Waals surface area contributed by atoms with Gasteiger partial charge in [0.2, 0.25) is 0 Å².